The number of carbonyl (C=O) groups is 1. The number of fused-ring (bicyclic) bond motifs is 2. The molecule has 1 aliphatic rings. The highest BCUT2D eigenvalue weighted by atomic mass is 16.3. The van der Waals surface area contributed by atoms with E-state index in [0.717, 1.165) is 16.5 Å². The molecule has 3 heterocycles. The third kappa shape index (κ3) is 2.22. The molecule has 0 spiro atoms. The monoisotopic (exact) mass is 359 g/mol. The van der Waals surface area contributed by atoms with Crippen molar-refractivity contribution < 1.29 is 20.1 Å². The molecular weight excluding hydrogens is 346 g/mol. The van der Waals surface area contributed by atoms with Gasteiger partial charge in [-0.25, -0.2) is 4.99 Å². The van der Waals surface area contributed by atoms with Crippen molar-refractivity contribution in [1.82, 2.24) is 9.97 Å². The predicted molar refractivity (Wildman–Crippen MR) is 97.8 cm³/mol. The third-order valence-electron chi connectivity index (χ3n) is 4.71. The van der Waals surface area contributed by atoms with Gasteiger partial charge in [0.1, 0.15) is 11.5 Å². The van der Waals surface area contributed by atoms with Crippen LogP contribution in [-0.2, 0) is 4.79 Å². The van der Waals surface area contributed by atoms with Crippen LogP contribution in [-0.4, -0.2) is 31.2 Å². The van der Waals surface area contributed by atoms with E-state index in [1.807, 2.05) is 0 Å². The minimum Gasteiger partial charge on any atom is -0.508 e. The number of hydrogen-bond donors (Lipinski definition) is 5. The molecule has 0 unspecified atom stereocenters. The van der Waals surface area contributed by atoms with Gasteiger partial charge in [0.25, 0.3) is 5.91 Å². The zero-order valence-electron chi connectivity index (χ0n) is 13.8. The SMILES string of the molecule is O=C1N=c2ccc(O)cc2=C1c1cc(-c2c[nH]c3ccc(O)cc23)[nH]c1O. The second-order valence-corrected chi connectivity index (χ2v) is 6.37. The van der Waals surface area contributed by atoms with E-state index < -0.39 is 5.91 Å². The Labute approximate surface area is 151 Å². The standard InChI is InChI=1S/C20H13N3O4/c24-9-1-3-15-11(5-9)14(8-21-15)17-7-13(19(26)23-17)18-12-6-10(25)2-4-16(12)22-20(18)27/h1-8,21,23-26H. The number of benzene rings is 2. The lowest BCUT2D eigenvalue weighted by Crippen LogP contribution is -2.22. The molecule has 7 nitrogen and oxygen atoms in total. The number of aromatic nitrogens is 2. The first-order valence-electron chi connectivity index (χ1n) is 8.20. The van der Waals surface area contributed by atoms with Crippen LogP contribution < -0.4 is 10.6 Å². The minimum absolute atomic E-state index is 0.0125. The molecule has 2 aromatic heterocycles. The minimum atomic E-state index is -0.479. The number of aromatic hydroxyl groups is 3. The fraction of sp³-hybridized carbons (Fsp3) is 0. The van der Waals surface area contributed by atoms with Crippen LogP contribution >= 0.6 is 0 Å². The number of carbonyl (C=O) groups excluding carboxylic acids is 1. The highest BCUT2D eigenvalue weighted by Gasteiger charge is 2.24. The van der Waals surface area contributed by atoms with Gasteiger partial charge in [0.2, 0.25) is 0 Å². The largest absolute Gasteiger partial charge is 0.508 e. The van der Waals surface area contributed by atoms with Gasteiger partial charge in [-0.2, -0.15) is 0 Å². The van der Waals surface area contributed by atoms with Gasteiger partial charge in [0.15, 0.2) is 5.88 Å². The van der Waals surface area contributed by atoms with Crippen LogP contribution in [0.25, 0.3) is 27.7 Å². The first-order chi connectivity index (χ1) is 13.0. The highest BCUT2D eigenvalue weighted by molar-refractivity contribution is 6.21. The lowest BCUT2D eigenvalue weighted by atomic mass is 10.0. The number of nitrogens with zero attached hydrogens (tertiary/aromatic N) is 1. The van der Waals surface area contributed by atoms with Crippen LogP contribution in [0.5, 0.6) is 17.4 Å². The number of H-pyrrole nitrogens is 2. The average Bonchev–Trinajstić information content (AvgIpc) is 3.29. The molecule has 132 valence electrons. The van der Waals surface area contributed by atoms with Gasteiger partial charge in [-0.05, 0) is 42.5 Å². The Morgan fingerprint density at radius 2 is 1.67 bits per heavy atom. The molecule has 0 saturated carbocycles. The van der Waals surface area contributed by atoms with Crippen LogP contribution in [0.1, 0.15) is 5.56 Å². The first kappa shape index (κ1) is 15.3. The zero-order valence-corrected chi connectivity index (χ0v) is 13.8. The summed E-state index contributed by atoms with van der Waals surface area (Å²) in [5, 5.41) is 31.6. The Morgan fingerprint density at radius 3 is 2.52 bits per heavy atom. The molecule has 0 saturated heterocycles. The molecule has 0 radical (unpaired) electrons. The van der Waals surface area contributed by atoms with Crippen LogP contribution in [0.4, 0.5) is 0 Å². The summed E-state index contributed by atoms with van der Waals surface area (Å²) >= 11 is 0. The first-order valence-corrected chi connectivity index (χ1v) is 8.20. The number of phenolic OH excluding ortho intramolecular Hbond substituents is 2. The van der Waals surface area contributed by atoms with Gasteiger partial charge < -0.3 is 25.3 Å². The topological polar surface area (TPSA) is 122 Å². The lowest BCUT2D eigenvalue weighted by molar-refractivity contribution is -0.112. The van der Waals surface area contributed by atoms with Gasteiger partial charge in [0, 0.05) is 27.9 Å². The molecule has 0 aliphatic carbocycles. The maximum atomic E-state index is 12.4. The summed E-state index contributed by atoms with van der Waals surface area (Å²) in [6, 6.07) is 11.1. The second-order valence-electron chi connectivity index (χ2n) is 6.37. The molecule has 0 atom stereocenters. The number of nitrogens with one attached hydrogen (secondary N) is 2. The van der Waals surface area contributed by atoms with Crippen molar-refractivity contribution in [3.63, 3.8) is 0 Å². The van der Waals surface area contributed by atoms with Crippen molar-refractivity contribution in [3.8, 4) is 28.6 Å². The van der Waals surface area contributed by atoms with E-state index in [1.165, 1.54) is 12.1 Å². The summed E-state index contributed by atoms with van der Waals surface area (Å²) in [5.74, 6) is -0.510. The fourth-order valence-electron chi connectivity index (χ4n) is 3.47. The smallest absolute Gasteiger partial charge is 0.279 e. The van der Waals surface area contributed by atoms with E-state index in [9.17, 15) is 20.1 Å². The summed E-state index contributed by atoms with van der Waals surface area (Å²) in [5.41, 5.74) is 2.67. The number of amides is 1. The molecule has 1 amide bonds. The maximum absolute atomic E-state index is 12.4. The van der Waals surface area contributed by atoms with E-state index >= 15 is 0 Å². The summed E-state index contributed by atoms with van der Waals surface area (Å²) in [6.45, 7) is 0. The summed E-state index contributed by atoms with van der Waals surface area (Å²) in [7, 11) is 0. The average molecular weight is 359 g/mol. The molecule has 5 N–H and O–H groups in total. The van der Waals surface area contributed by atoms with E-state index in [4.69, 9.17) is 0 Å². The van der Waals surface area contributed by atoms with Crippen LogP contribution in [0, 0.1) is 0 Å². The summed E-state index contributed by atoms with van der Waals surface area (Å²) in [4.78, 5) is 22.4. The molecular formula is C20H13N3O4. The summed E-state index contributed by atoms with van der Waals surface area (Å²) in [6.07, 6.45) is 1.75. The van der Waals surface area contributed by atoms with Gasteiger partial charge in [-0.15, -0.1) is 0 Å². The highest BCUT2D eigenvalue weighted by Crippen LogP contribution is 2.35. The van der Waals surface area contributed by atoms with Gasteiger partial charge in [0.05, 0.1) is 22.2 Å². The van der Waals surface area contributed by atoms with E-state index in [-0.39, 0.29) is 23.0 Å². The molecule has 7 heteroatoms. The third-order valence-corrected chi connectivity index (χ3v) is 4.71. The van der Waals surface area contributed by atoms with Gasteiger partial charge in [-0.1, -0.05) is 0 Å². The van der Waals surface area contributed by atoms with Crippen LogP contribution in [0.15, 0.2) is 53.7 Å². The van der Waals surface area contributed by atoms with Crippen molar-refractivity contribution in [3.05, 3.63) is 64.8 Å². The fourth-order valence-corrected chi connectivity index (χ4v) is 3.47. The number of hydrogen-bond acceptors (Lipinski definition) is 4. The van der Waals surface area contributed by atoms with E-state index in [0.29, 0.717) is 21.8 Å². The molecule has 4 aromatic rings. The van der Waals surface area contributed by atoms with Crippen molar-refractivity contribution in [2.45, 2.75) is 0 Å². The van der Waals surface area contributed by atoms with Crippen molar-refractivity contribution in [2.75, 3.05) is 0 Å². The Balaban J connectivity index is 1.74. The number of phenols is 2. The molecule has 0 fully saturated rings. The van der Waals surface area contributed by atoms with Crippen molar-refractivity contribution in [1.29, 1.82) is 0 Å². The van der Waals surface area contributed by atoms with Gasteiger partial charge >= 0.3 is 0 Å². The Bertz CT molecular complexity index is 1380. The number of aromatic amines is 2. The van der Waals surface area contributed by atoms with Crippen LogP contribution in [0.3, 0.4) is 0 Å². The normalized spacial score (nSPS) is 13.2. The van der Waals surface area contributed by atoms with E-state index in [2.05, 4.69) is 15.0 Å². The van der Waals surface area contributed by atoms with E-state index in [1.54, 1.807) is 36.5 Å². The van der Waals surface area contributed by atoms with Crippen LogP contribution in [0.2, 0.25) is 0 Å². The summed E-state index contributed by atoms with van der Waals surface area (Å²) < 4.78 is 0. The zero-order chi connectivity index (χ0) is 18.7. The second kappa shape index (κ2) is 5.25. The molecule has 1 aliphatic heterocycles. The number of rotatable bonds is 2. The Hall–Kier alpha value is -4.00. The predicted octanol–water partition coefficient (Wildman–Crippen LogP) is 1.64. The van der Waals surface area contributed by atoms with Crippen molar-refractivity contribution in [2.24, 2.45) is 4.99 Å². The Morgan fingerprint density at radius 1 is 0.889 bits per heavy atom. The van der Waals surface area contributed by atoms with Gasteiger partial charge in [-0.3, -0.25) is 4.79 Å². The van der Waals surface area contributed by atoms with Crippen molar-refractivity contribution >= 4 is 22.4 Å². The maximum Gasteiger partial charge on any atom is 0.279 e. The molecule has 27 heavy (non-hydrogen) atoms. The molecule has 2 aromatic carbocycles. The molecule has 0 bridgehead atoms. The lowest BCUT2D eigenvalue weighted by Gasteiger charge is -1.97. The molecule has 5 rings (SSSR count). The quantitative estimate of drug-likeness (QED) is 0.373. The Kier molecular flexibility index (Phi) is 2.97.